The third-order valence-corrected chi connectivity index (χ3v) is 2.47. The summed E-state index contributed by atoms with van der Waals surface area (Å²) in [6, 6.07) is 0.154. The zero-order chi connectivity index (χ0) is 8.39. The Hall–Kier alpha value is -0.900. The normalized spacial score (nSPS) is 30.4. The summed E-state index contributed by atoms with van der Waals surface area (Å²) in [7, 11) is 0. The molecule has 0 saturated heterocycles. The van der Waals surface area contributed by atoms with Crippen LogP contribution in [-0.4, -0.2) is 26.2 Å². The van der Waals surface area contributed by atoms with Gasteiger partial charge in [0.2, 0.25) is 0 Å². The topological polar surface area (TPSA) is 50.9 Å². The summed E-state index contributed by atoms with van der Waals surface area (Å²) in [4.78, 5) is 0. The quantitative estimate of drug-likeness (QED) is 0.671. The zero-order valence-electron chi connectivity index (χ0n) is 6.93. The van der Waals surface area contributed by atoms with E-state index >= 15 is 0 Å². The van der Waals surface area contributed by atoms with Gasteiger partial charge < -0.3 is 5.11 Å². The molecule has 1 aliphatic carbocycles. The first-order valence-electron chi connectivity index (χ1n) is 4.42. The van der Waals surface area contributed by atoms with E-state index in [9.17, 15) is 5.11 Å². The molecule has 1 heterocycles. The fraction of sp³-hybridized carbons (Fsp3) is 0.750. The fourth-order valence-electron chi connectivity index (χ4n) is 1.79. The van der Waals surface area contributed by atoms with Crippen molar-refractivity contribution in [3.63, 3.8) is 0 Å². The largest absolute Gasteiger partial charge is 0.391 e. The molecule has 4 heteroatoms. The summed E-state index contributed by atoms with van der Waals surface area (Å²) < 4.78 is 1.77. The highest BCUT2D eigenvalue weighted by molar-refractivity contribution is 4.81. The van der Waals surface area contributed by atoms with E-state index in [1.165, 1.54) is 6.42 Å². The summed E-state index contributed by atoms with van der Waals surface area (Å²) in [5.41, 5.74) is 0. The highest BCUT2D eigenvalue weighted by atomic mass is 16.3. The van der Waals surface area contributed by atoms with E-state index in [1.54, 1.807) is 10.9 Å². The second-order valence-corrected chi connectivity index (χ2v) is 3.30. The number of aliphatic hydroxyl groups is 1. The lowest BCUT2D eigenvalue weighted by Gasteiger charge is -2.26. The summed E-state index contributed by atoms with van der Waals surface area (Å²) in [5.74, 6) is 0. The van der Waals surface area contributed by atoms with Gasteiger partial charge >= 0.3 is 0 Å². The van der Waals surface area contributed by atoms with E-state index in [0.717, 1.165) is 19.3 Å². The van der Waals surface area contributed by atoms with Crippen molar-refractivity contribution >= 4 is 0 Å². The third kappa shape index (κ3) is 1.34. The molecule has 0 spiro atoms. The number of aliphatic hydroxyl groups excluding tert-OH is 1. The van der Waals surface area contributed by atoms with Gasteiger partial charge in [0.25, 0.3) is 0 Å². The maximum Gasteiger partial charge on any atom is 0.0795 e. The first-order chi connectivity index (χ1) is 5.88. The summed E-state index contributed by atoms with van der Waals surface area (Å²) in [5, 5.41) is 17.3. The van der Waals surface area contributed by atoms with Crippen molar-refractivity contribution < 1.29 is 5.11 Å². The van der Waals surface area contributed by atoms with E-state index in [0.29, 0.717) is 0 Å². The van der Waals surface area contributed by atoms with Crippen LogP contribution >= 0.6 is 0 Å². The maximum atomic E-state index is 9.65. The number of hydrogen-bond donors (Lipinski definition) is 1. The van der Waals surface area contributed by atoms with Crippen LogP contribution in [0, 0.1) is 0 Å². The summed E-state index contributed by atoms with van der Waals surface area (Å²) in [6.45, 7) is 0. The molecule has 0 aliphatic heterocycles. The summed E-state index contributed by atoms with van der Waals surface area (Å²) >= 11 is 0. The van der Waals surface area contributed by atoms with Crippen LogP contribution in [0.25, 0.3) is 0 Å². The van der Waals surface area contributed by atoms with Gasteiger partial charge in [-0.15, -0.1) is 5.10 Å². The monoisotopic (exact) mass is 167 g/mol. The fourth-order valence-corrected chi connectivity index (χ4v) is 1.79. The molecule has 0 bridgehead atoms. The van der Waals surface area contributed by atoms with Gasteiger partial charge in [0.15, 0.2) is 0 Å². The minimum Gasteiger partial charge on any atom is -0.391 e. The molecular formula is C8H13N3O. The Morgan fingerprint density at radius 3 is 2.83 bits per heavy atom. The smallest absolute Gasteiger partial charge is 0.0795 e. The van der Waals surface area contributed by atoms with E-state index in [1.807, 2.05) is 6.20 Å². The Kier molecular flexibility index (Phi) is 2.08. The molecule has 2 atom stereocenters. The molecule has 1 fully saturated rings. The molecule has 0 amide bonds. The first-order valence-corrected chi connectivity index (χ1v) is 4.42. The van der Waals surface area contributed by atoms with Gasteiger partial charge in [-0.25, -0.2) is 4.68 Å². The Labute approximate surface area is 71.2 Å². The van der Waals surface area contributed by atoms with Crippen molar-refractivity contribution in [2.45, 2.75) is 37.8 Å². The van der Waals surface area contributed by atoms with Gasteiger partial charge in [-0.05, 0) is 12.8 Å². The number of rotatable bonds is 1. The third-order valence-electron chi connectivity index (χ3n) is 2.47. The maximum absolute atomic E-state index is 9.65. The van der Waals surface area contributed by atoms with Crippen molar-refractivity contribution in [2.75, 3.05) is 0 Å². The lowest BCUT2D eigenvalue weighted by atomic mass is 9.93. The van der Waals surface area contributed by atoms with E-state index in [2.05, 4.69) is 10.3 Å². The lowest BCUT2D eigenvalue weighted by molar-refractivity contribution is 0.0685. The van der Waals surface area contributed by atoms with E-state index in [4.69, 9.17) is 0 Å². The average Bonchev–Trinajstić information content (AvgIpc) is 2.57. The molecule has 1 aromatic rings. The van der Waals surface area contributed by atoms with Gasteiger partial charge in [-0.3, -0.25) is 0 Å². The van der Waals surface area contributed by atoms with Crippen LogP contribution in [0.3, 0.4) is 0 Å². The van der Waals surface area contributed by atoms with Crippen LogP contribution in [0.1, 0.15) is 31.7 Å². The second-order valence-electron chi connectivity index (χ2n) is 3.30. The van der Waals surface area contributed by atoms with E-state index < -0.39 is 0 Å². The molecule has 2 unspecified atom stereocenters. The lowest BCUT2D eigenvalue weighted by Crippen LogP contribution is -2.27. The molecule has 1 saturated carbocycles. The first kappa shape index (κ1) is 7.73. The van der Waals surface area contributed by atoms with Crippen molar-refractivity contribution in [3.05, 3.63) is 12.4 Å². The molecule has 1 N–H and O–H groups in total. The van der Waals surface area contributed by atoms with Crippen LogP contribution in [0.15, 0.2) is 12.4 Å². The standard InChI is InChI=1S/C8H13N3O/c12-8-4-2-1-3-7(8)11-6-5-9-10-11/h5-8,12H,1-4H2. The van der Waals surface area contributed by atoms with Crippen molar-refractivity contribution in [2.24, 2.45) is 0 Å². The van der Waals surface area contributed by atoms with E-state index in [-0.39, 0.29) is 12.1 Å². The van der Waals surface area contributed by atoms with Crippen molar-refractivity contribution in [3.8, 4) is 0 Å². The Morgan fingerprint density at radius 2 is 2.17 bits per heavy atom. The SMILES string of the molecule is OC1CCCCC1n1ccnn1. The average molecular weight is 167 g/mol. The minimum absolute atomic E-state index is 0.154. The molecule has 4 nitrogen and oxygen atoms in total. The second kappa shape index (κ2) is 3.23. The Balaban J connectivity index is 2.11. The van der Waals surface area contributed by atoms with Crippen LogP contribution in [0.5, 0.6) is 0 Å². The number of hydrogen-bond acceptors (Lipinski definition) is 3. The Morgan fingerprint density at radius 1 is 1.33 bits per heavy atom. The Bertz CT molecular complexity index is 234. The van der Waals surface area contributed by atoms with Crippen LogP contribution in [-0.2, 0) is 0 Å². The van der Waals surface area contributed by atoms with Crippen LogP contribution in [0.4, 0.5) is 0 Å². The van der Waals surface area contributed by atoms with Gasteiger partial charge in [0.1, 0.15) is 0 Å². The van der Waals surface area contributed by atoms with Gasteiger partial charge in [0, 0.05) is 6.20 Å². The highest BCUT2D eigenvalue weighted by Crippen LogP contribution is 2.27. The predicted octanol–water partition coefficient (Wildman–Crippen LogP) is 0.754. The molecule has 1 aromatic heterocycles. The van der Waals surface area contributed by atoms with Crippen molar-refractivity contribution in [1.29, 1.82) is 0 Å². The van der Waals surface area contributed by atoms with Gasteiger partial charge in [-0.1, -0.05) is 18.1 Å². The van der Waals surface area contributed by atoms with Gasteiger partial charge in [-0.2, -0.15) is 0 Å². The number of aromatic nitrogens is 3. The van der Waals surface area contributed by atoms with Crippen molar-refractivity contribution in [1.82, 2.24) is 15.0 Å². The molecule has 0 radical (unpaired) electrons. The molecule has 66 valence electrons. The van der Waals surface area contributed by atoms with Crippen LogP contribution in [0.2, 0.25) is 0 Å². The molecule has 12 heavy (non-hydrogen) atoms. The minimum atomic E-state index is -0.236. The molecule has 2 rings (SSSR count). The van der Waals surface area contributed by atoms with Gasteiger partial charge in [0.05, 0.1) is 18.3 Å². The molecule has 1 aliphatic rings. The number of nitrogens with zero attached hydrogens (tertiary/aromatic N) is 3. The highest BCUT2D eigenvalue weighted by Gasteiger charge is 2.24. The summed E-state index contributed by atoms with van der Waals surface area (Å²) in [6.07, 6.45) is 7.46. The molecular weight excluding hydrogens is 154 g/mol. The predicted molar refractivity (Wildman–Crippen MR) is 43.5 cm³/mol. The zero-order valence-corrected chi connectivity index (χ0v) is 6.93. The van der Waals surface area contributed by atoms with Crippen LogP contribution < -0.4 is 0 Å². The molecule has 0 aromatic carbocycles.